The monoisotopic (exact) mass is 301 g/mol. The lowest BCUT2D eigenvalue weighted by Gasteiger charge is -2.09. The van der Waals surface area contributed by atoms with E-state index in [9.17, 15) is 0 Å². The van der Waals surface area contributed by atoms with Crippen molar-refractivity contribution in [3.63, 3.8) is 0 Å². The number of fused-ring (bicyclic) bond motifs is 5. The van der Waals surface area contributed by atoms with Crippen LogP contribution in [0.5, 0.6) is 0 Å². The van der Waals surface area contributed by atoms with Crippen LogP contribution in [0.4, 0.5) is 0 Å². The second-order valence-electron chi connectivity index (χ2n) is 6.51. The van der Waals surface area contributed by atoms with Gasteiger partial charge in [0.05, 0.1) is 11.5 Å². The fourth-order valence-corrected chi connectivity index (χ4v) is 4.35. The summed E-state index contributed by atoms with van der Waals surface area (Å²) < 4.78 is 2.38. The molecule has 3 unspecified atom stereocenters. The number of nitrogens with zero attached hydrogens (tertiary/aromatic N) is 2. The molecular weight excluding hydrogens is 280 g/mol. The molecule has 2 aliphatic rings. The van der Waals surface area contributed by atoms with E-state index in [1.807, 2.05) is 6.92 Å². The van der Waals surface area contributed by atoms with Gasteiger partial charge in [0.1, 0.15) is 6.04 Å². The second kappa shape index (κ2) is 4.76. The van der Waals surface area contributed by atoms with Gasteiger partial charge in [0.2, 0.25) is 11.2 Å². The summed E-state index contributed by atoms with van der Waals surface area (Å²) in [5.74, 6) is 0.269. The van der Waals surface area contributed by atoms with Gasteiger partial charge in [-0.3, -0.25) is 4.99 Å². The third kappa shape index (κ3) is 1.64. The van der Waals surface area contributed by atoms with Crippen LogP contribution in [0.1, 0.15) is 18.1 Å². The zero-order valence-electron chi connectivity index (χ0n) is 13.7. The van der Waals surface area contributed by atoms with E-state index in [1.54, 1.807) is 0 Å². The maximum Gasteiger partial charge on any atom is 0.226 e. The summed E-state index contributed by atoms with van der Waals surface area (Å²) in [5.41, 5.74) is 6.17. The first-order valence-corrected chi connectivity index (χ1v) is 8.06. The summed E-state index contributed by atoms with van der Waals surface area (Å²) in [6, 6.07) is 13.3. The standard InChI is InChI=1S/C21H21N2/c1-5-8-15(3)19-20(22-4)21(19)17-13-14(2)10-11-16(17)18-9-6-7-12-23(18)21/h5-13,19-20H,3-4H2,1-2H3/q+1/b8-5-. The fourth-order valence-electron chi connectivity index (χ4n) is 4.35. The highest BCUT2D eigenvalue weighted by atomic mass is 15.2. The predicted octanol–water partition coefficient (Wildman–Crippen LogP) is 3.84. The van der Waals surface area contributed by atoms with Crippen molar-refractivity contribution in [3.05, 3.63) is 78.0 Å². The molecule has 0 bridgehead atoms. The van der Waals surface area contributed by atoms with E-state index in [1.165, 1.54) is 22.4 Å². The lowest BCUT2D eigenvalue weighted by molar-refractivity contribution is -0.716. The molecule has 3 atom stereocenters. The lowest BCUT2D eigenvalue weighted by Crippen LogP contribution is -2.47. The number of hydrogen-bond donors (Lipinski definition) is 0. The van der Waals surface area contributed by atoms with E-state index in [2.05, 4.69) is 84.5 Å². The molecule has 2 nitrogen and oxygen atoms in total. The summed E-state index contributed by atoms with van der Waals surface area (Å²) in [6.07, 6.45) is 6.33. The minimum atomic E-state index is -0.156. The van der Waals surface area contributed by atoms with Gasteiger partial charge < -0.3 is 0 Å². The number of benzene rings is 1. The summed E-state index contributed by atoms with van der Waals surface area (Å²) in [4.78, 5) is 4.48. The summed E-state index contributed by atoms with van der Waals surface area (Å²) >= 11 is 0. The number of aliphatic imine (C=N–C) groups is 1. The van der Waals surface area contributed by atoms with Crippen LogP contribution in [-0.2, 0) is 5.54 Å². The highest BCUT2D eigenvalue weighted by Crippen LogP contribution is 2.61. The Labute approximate surface area is 137 Å². The largest absolute Gasteiger partial charge is 0.289 e. The Kier molecular flexibility index (Phi) is 2.92. The number of aromatic nitrogens is 1. The van der Waals surface area contributed by atoms with E-state index >= 15 is 0 Å². The van der Waals surface area contributed by atoms with Crippen LogP contribution < -0.4 is 4.57 Å². The van der Waals surface area contributed by atoms with Gasteiger partial charge in [-0.2, -0.15) is 4.57 Å². The average Bonchev–Trinajstić information content (AvgIpc) is 3.16. The van der Waals surface area contributed by atoms with E-state index in [0.717, 1.165) is 5.57 Å². The molecule has 1 aromatic heterocycles. The van der Waals surface area contributed by atoms with E-state index in [4.69, 9.17) is 0 Å². The predicted molar refractivity (Wildman–Crippen MR) is 94.7 cm³/mol. The van der Waals surface area contributed by atoms with Gasteiger partial charge >= 0.3 is 0 Å². The maximum absolute atomic E-state index is 4.48. The van der Waals surface area contributed by atoms with E-state index in [-0.39, 0.29) is 17.5 Å². The SMILES string of the molecule is C=NC1C(C(=C)/C=C\C)C12c1cc(C)ccc1-c1cccc[n+]12. The van der Waals surface area contributed by atoms with Crippen LogP contribution in [0.2, 0.25) is 0 Å². The molecule has 1 aliphatic heterocycles. The molecule has 1 saturated carbocycles. The summed E-state index contributed by atoms with van der Waals surface area (Å²) in [7, 11) is 0. The molecule has 1 aromatic carbocycles. The van der Waals surface area contributed by atoms with Crippen LogP contribution in [0.15, 0.2) is 71.9 Å². The van der Waals surface area contributed by atoms with Gasteiger partial charge in [-0.05, 0) is 44.3 Å². The fraction of sp³-hybridized carbons (Fsp3) is 0.238. The molecule has 2 heterocycles. The van der Waals surface area contributed by atoms with E-state index < -0.39 is 0 Å². The normalized spacial score (nSPS) is 27.0. The van der Waals surface area contributed by atoms with Gasteiger partial charge in [-0.15, -0.1) is 0 Å². The van der Waals surface area contributed by atoms with Gasteiger partial charge in [0.25, 0.3) is 0 Å². The third-order valence-corrected chi connectivity index (χ3v) is 5.25. The summed E-state index contributed by atoms with van der Waals surface area (Å²) in [6.45, 7) is 12.4. The van der Waals surface area contributed by atoms with Gasteiger partial charge in [0, 0.05) is 17.7 Å². The number of pyridine rings is 1. The summed E-state index contributed by atoms with van der Waals surface area (Å²) in [5, 5.41) is 0. The topological polar surface area (TPSA) is 16.2 Å². The minimum absolute atomic E-state index is 0.139. The number of hydrogen-bond acceptors (Lipinski definition) is 1. The molecule has 1 aliphatic carbocycles. The molecule has 0 amide bonds. The molecule has 1 spiro atoms. The first kappa shape index (κ1) is 14.1. The van der Waals surface area contributed by atoms with Crippen LogP contribution in [0, 0.1) is 12.8 Å². The molecule has 1 fully saturated rings. The zero-order valence-corrected chi connectivity index (χ0v) is 13.7. The Bertz CT molecular complexity index is 862. The van der Waals surface area contributed by atoms with Crippen molar-refractivity contribution in [1.82, 2.24) is 0 Å². The molecule has 0 radical (unpaired) electrons. The first-order chi connectivity index (χ1) is 11.2. The minimum Gasteiger partial charge on any atom is -0.289 e. The van der Waals surface area contributed by atoms with Crippen LogP contribution in [-0.4, -0.2) is 12.8 Å². The van der Waals surface area contributed by atoms with Crippen molar-refractivity contribution in [2.24, 2.45) is 10.9 Å². The molecule has 2 aromatic rings. The van der Waals surface area contributed by atoms with Crippen molar-refractivity contribution in [2.75, 3.05) is 0 Å². The van der Waals surface area contributed by atoms with Crippen molar-refractivity contribution in [1.29, 1.82) is 0 Å². The smallest absolute Gasteiger partial charge is 0.226 e. The molecule has 2 heteroatoms. The second-order valence-corrected chi connectivity index (χ2v) is 6.51. The Balaban J connectivity index is 2.00. The van der Waals surface area contributed by atoms with Crippen molar-refractivity contribution < 1.29 is 4.57 Å². The Hall–Kier alpha value is -2.48. The lowest BCUT2D eigenvalue weighted by atomic mass is 9.95. The highest BCUT2D eigenvalue weighted by molar-refractivity contribution is 5.70. The van der Waals surface area contributed by atoms with Crippen molar-refractivity contribution in [2.45, 2.75) is 25.4 Å². The first-order valence-electron chi connectivity index (χ1n) is 8.06. The van der Waals surface area contributed by atoms with Crippen LogP contribution in [0.3, 0.4) is 0 Å². The number of rotatable bonds is 3. The molecule has 114 valence electrons. The maximum atomic E-state index is 4.48. The molecule has 4 rings (SSSR count). The quantitative estimate of drug-likeness (QED) is 0.465. The Morgan fingerprint density at radius 2 is 2.13 bits per heavy atom. The van der Waals surface area contributed by atoms with Gasteiger partial charge in [-0.1, -0.05) is 30.4 Å². The molecule has 23 heavy (non-hydrogen) atoms. The number of allylic oxidation sites excluding steroid dienone is 2. The highest BCUT2D eigenvalue weighted by Gasteiger charge is 2.78. The zero-order chi connectivity index (χ0) is 16.2. The molecule has 0 saturated heterocycles. The van der Waals surface area contributed by atoms with Gasteiger partial charge in [0.15, 0.2) is 6.20 Å². The third-order valence-electron chi connectivity index (χ3n) is 5.25. The molecular formula is C21H21N2+. The average molecular weight is 301 g/mol. The van der Waals surface area contributed by atoms with Crippen molar-refractivity contribution in [3.8, 4) is 11.3 Å². The Morgan fingerprint density at radius 3 is 2.87 bits per heavy atom. The Morgan fingerprint density at radius 1 is 1.30 bits per heavy atom. The van der Waals surface area contributed by atoms with E-state index in [0.29, 0.717) is 0 Å². The number of aryl methyl sites for hydroxylation is 1. The van der Waals surface area contributed by atoms with Crippen molar-refractivity contribution >= 4 is 6.72 Å². The van der Waals surface area contributed by atoms with Gasteiger partial charge in [-0.25, -0.2) is 0 Å². The van der Waals surface area contributed by atoms with Crippen LogP contribution >= 0.6 is 0 Å². The van der Waals surface area contributed by atoms with Crippen LogP contribution in [0.25, 0.3) is 11.3 Å². The molecule has 0 N–H and O–H groups in total.